The highest BCUT2D eigenvalue weighted by atomic mass is 16.5. The molecule has 0 saturated heterocycles. The minimum atomic E-state index is -0.498. The minimum Gasteiger partial charge on any atom is -0.504 e. The maximum Gasteiger partial charge on any atom is 0.309 e. The fourth-order valence-corrected chi connectivity index (χ4v) is 3.90. The van der Waals surface area contributed by atoms with E-state index >= 15 is 0 Å². The molecule has 0 bridgehead atoms. The van der Waals surface area contributed by atoms with Crippen molar-refractivity contribution in [3.63, 3.8) is 0 Å². The van der Waals surface area contributed by atoms with Gasteiger partial charge in [0.1, 0.15) is 5.78 Å². The fourth-order valence-electron chi connectivity index (χ4n) is 3.90. The molecule has 0 heterocycles. The van der Waals surface area contributed by atoms with E-state index < -0.39 is 5.92 Å². The molecule has 1 atom stereocenters. The molecule has 208 valence electrons. The lowest BCUT2D eigenvalue weighted by Gasteiger charge is -2.15. The lowest BCUT2D eigenvalue weighted by molar-refractivity contribution is -0.150. The van der Waals surface area contributed by atoms with E-state index in [9.17, 15) is 29.4 Å². The number of Topliss-reactive ketones (excluding diaryl/α,β-unsaturated/α-hetero) is 1. The number of phenolic OH excluding ortho intramolecular Hbond substituents is 2. The van der Waals surface area contributed by atoms with Gasteiger partial charge in [0, 0.05) is 25.7 Å². The van der Waals surface area contributed by atoms with E-state index in [0.717, 1.165) is 18.4 Å². The van der Waals surface area contributed by atoms with Gasteiger partial charge in [0.15, 0.2) is 11.5 Å². The van der Waals surface area contributed by atoms with Crippen LogP contribution < -0.4 is 0 Å². The van der Waals surface area contributed by atoms with E-state index in [2.05, 4.69) is 4.74 Å². The second-order valence-corrected chi connectivity index (χ2v) is 9.07. The number of ether oxygens (including phenoxy) is 3. The van der Waals surface area contributed by atoms with E-state index in [4.69, 9.17) is 9.47 Å². The predicted octanol–water partition coefficient (Wildman–Crippen LogP) is 4.79. The first-order chi connectivity index (χ1) is 17.8. The first-order valence-electron chi connectivity index (χ1n) is 13.2. The average molecular weight is 523 g/mol. The topological polar surface area (TPSA) is 136 Å². The van der Waals surface area contributed by atoms with Crippen molar-refractivity contribution >= 4 is 23.7 Å². The van der Waals surface area contributed by atoms with E-state index in [-0.39, 0.29) is 48.2 Å². The number of benzene rings is 1. The summed E-state index contributed by atoms with van der Waals surface area (Å²) < 4.78 is 14.9. The molecular weight excluding hydrogens is 480 g/mol. The Balaban J connectivity index is 2.25. The predicted molar refractivity (Wildman–Crippen MR) is 137 cm³/mol. The van der Waals surface area contributed by atoms with Gasteiger partial charge in [-0.2, -0.15) is 0 Å². The molecule has 37 heavy (non-hydrogen) atoms. The van der Waals surface area contributed by atoms with Crippen molar-refractivity contribution in [2.75, 3.05) is 20.3 Å². The highest BCUT2D eigenvalue weighted by Gasteiger charge is 2.22. The van der Waals surface area contributed by atoms with Crippen LogP contribution in [0.4, 0.5) is 0 Å². The minimum absolute atomic E-state index is 0.0174. The summed E-state index contributed by atoms with van der Waals surface area (Å²) in [5.74, 6) is -1.75. The highest BCUT2D eigenvalue weighted by molar-refractivity contribution is 5.84. The summed E-state index contributed by atoms with van der Waals surface area (Å²) >= 11 is 0. The Kier molecular flexibility index (Phi) is 16.5. The van der Waals surface area contributed by atoms with Crippen molar-refractivity contribution in [2.24, 2.45) is 5.92 Å². The van der Waals surface area contributed by atoms with Crippen LogP contribution in [0.1, 0.15) is 89.5 Å². The van der Waals surface area contributed by atoms with Crippen LogP contribution in [-0.2, 0) is 39.8 Å². The van der Waals surface area contributed by atoms with Crippen molar-refractivity contribution in [1.82, 2.24) is 0 Å². The molecule has 1 unspecified atom stereocenters. The van der Waals surface area contributed by atoms with Crippen LogP contribution in [0, 0.1) is 5.92 Å². The average Bonchev–Trinajstić information content (AvgIpc) is 2.87. The molecule has 1 aromatic carbocycles. The summed E-state index contributed by atoms with van der Waals surface area (Å²) in [5, 5.41) is 19.0. The van der Waals surface area contributed by atoms with Gasteiger partial charge in [0.2, 0.25) is 0 Å². The Bertz CT molecular complexity index is 850. The number of hydrogen-bond donors (Lipinski definition) is 2. The summed E-state index contributed by atoms with van der Waals surface area (Å²) in [6.45, 7) is 2.32. The summed E-state index contributed by atoms with van der Waals surface area (Å²) in [4.78, 5) is 47.7. The number of carbonyl (C=O) groups excluding carboxylic acids is 4. The number of phenols is 2. The van der Waals surface area contributed by atoms with Crippen LogP contribution in [0.5, 0.6) is 11.5 Å². The quantitative estimate of drug-likeness (QED) is 0.107. The Labute approximate surface area is 219 Å². The number of hydrogen-bond acceptors (Lipinski definition) is 9. The second-order valence-electron chi connectivity index (χ2n) is 9.07. The maximum atomic E-state index is 12.5. The van der Waals surface area contributed by atoms with Crippen LogP contribution in [0.3, 0.4) is 0 Å². The van der Waals surface area contributed by atoms with E-state index in [1.54, 1.807) is 13.0 Å². The Hall–Kier alpha value is -3.10. The van der Waals surface area contributed by atoms with Crippen LogP contribution >= 0.6 is 0 Å². The number of aryl methyl sites for hydroxylation is 1. The van der Waals surface area contributed by atoms with Gasteiger partial charge in [0.25, 0.3) is 0 Å². The van der Waals surface area contributed by atoms with Gasteiger partial charge < -0.3 is 24.4 Å². The maximum absolute atomic E-state index is 12.5. The van der Waals surface area contributed by atoms with Crippen molar-refractivity contribution in [1.29, 1.82) is 0 Å². The van der Waals surface area contributed by atoms with Gasteiger partial charge in [-0.05, 0) is 69.6 Å². The molecule has 2 N–H and O–H groups in total. The van der Waals surface area contributed by atoms with E-state index in [1.165, 1.54) is 19.2 Å². The SMILES string of the molecule is CCOC(=O)C(CCCCCC(=O)OCCCCCC(=O)OC)CC(=O)CCCc1ccc(O)c(O)c1. The number of rotatable bonds is 20. The Morgan fingerprint density at radius 3 is 2.19 bits per heavy atom. The molecule has 9 nitrogen and oxygen atoms in total. The van der Waals surface area contributed by atoms with Gasteiger partial charge in [-0.1, -0.05) is 18.9 Å². The van der Waals surface area contributed by atoms with Crippen molar-refractivity contribution in [3.05, 3.63) is 23.8 Å². The molecule has 0 amide bonds. The smallest absolute Gasteiger partial charge is 0.309 e. The number of unbranched alkanes of at least 4 members (excludes halogenated alkanes) is 4. The normalized spacial score (nSPS) is 11.5. The van der Waals surface area contributed by atoms with Crippen LogP contribution in [-0.4, -0.2) is 54.2 Å². The number of carbonyl (C=O) groups is 4. The van der Waals surface area contributed by atoms with Crippen LogP contribution in [0.2, 0.25) is 0 Å². The van der Waals surface area contributed by atoms with Crippen molar-refractivity contribution in [3.8, 4) is 11.5 Å². The number of aromatic hydroxyl groups is 2. The zero-order chi connectivity index (χ0) is 27.5. The number of methoxy groups -OCH3 is 1. The summed E-state index contributed by atoms with van der Waals surface area (Å²) in [6.07, 6.45) is 7.06. The standard InChI is InChI=1S/C28H42O9/c1-3-36-28(34)22(20-23(29)13-10-11-21-16-17-24(30)25(31)19-21)12-6-4-7-15-27(33)37-18-9-5-8-14-26(32)35-2/h16-17,19,22,30-31H,3-15,18,20H2,1-2H3. The summed E-state index contributed by atoms with van der Waals surface area (Å²) in [5.41, 5.74) is 0.821. The zero-order valence-electron chi connectivity index (χ0n) is 22.2. The third-order valence-electron chi connectivity index (χ3n) is 6.00. The number of esters is 3. The fraction of sp³-hybridized carbons (Fsp3) is 0.643. The largest absolute Gasteiger partial charge is 0.504 e. The molecule has 0 aliphatic carbocycles. The molecule has 0 aliphatic rings. The Morgan fingerprint density at radius 2 is 1.51 bits per heavy atom. The lowest BCUT2D eigenvalue weighted by Crippen LogP contribution is -2.21. The Morgan fingerprint density at radius 1 is 0.811 bits per heavy atom. The lowest BCUT2D eigenvalue weighted by atomic mass is 9.93. The number of ketones is 1. The molecule has 0 saturated carbocycles. The first-order valence-corrected chi connectivity index (χ1v) is 13.2. The van der Waals surface area contributed by atoms with Crippen LogP contribution in [0.25, 0.3) is 0 Å². The molecule has 1 aromatic rings. The van der Waals surface area contributed by atoms with Gasteiger partial charge in [0.05, 0.1) is 26.2 Å². The van der Waals surface area contributed by atoms with Crippen LogP contribution in [0.15, 0.2) is 18.2 Å². The van der Waals surface area contributed by atoms with Crippen molar-refractivity contribution < 1.29 is 43.6 Å². The third kappa shape index (κ3) is 14.9. The molecular formula is C28H42O9. The molecule has 0 spiro atoms. The molecule has 0 radical (unpaired) electrons. The summed E-state index contributed by atoms with van der Waals surface area (Å²) in [6, 6.07) is 4.59. The second kappa shape index (κ2) is 19.1. The van der Waals surface area contributed by atoms with Gasteiger partial charge in [-0.3, -0.25) is 19.2 Å². The van der Waals surface area contributed by atoms with Gasteiger partial charge in [-0.25, -0.2) is 0 Å². The van der Waals surface area contributed by atoms with Crippen molar-refractivity contribution in [2.45, 2.75) is 90.4 Å². The van der Waals surface area contributed by atoms with Gasteiger partial charge in [-0.15, -0.1) is 0 Å². The molecule has 0 fully saturated rings. The third-order valence-corrected chi connectivity index (χ3v) is 6.00. The summed E-state index contributed by atoms with van der Waals surface area (Å²) in [7, 11) is 1.36. The first kappa shape index (κ1) is 31.9. The molecule has 0 aromatic heterocycles. The zero-order valence-corrected chi connectivity index (χ0v) is 22.2. The van der Waals surface area contributed by atoms with E-state index in [1.807, 2.05) is 0 Å². The molecule has 0 aliphatic heterocycles. The molecule has 9 heteroatoms. The van der Waals surface area contributed by atoms with Gasteiger partial charge >= 0.3 is 17.9 Å². The molecule has 1 rings (SSSR count). The highest BCUT2D eigenvalue weighted by Crippen LogP contribution is 2.26. The monoisotopic (exact) mass is 522 g/mol. The van der Waals surface area contributed by atoms with E-state index in [0.29, 0.717) is 70.8 Å².